The molecular formula is C31H29NO4. The van der Waals surface area contributed by atoms with Crippen LogP contribution in [0.2, 0.25) is 0 Å². The number of hydrogen-bond acceptors (Lipinski definition) is 4. The minimum atomic E-state index is -1.32. The topological polar surface area (TPSA) is 63.7 Å². The zero-order valence-electron chi connectivity index (χ0n) is 20.5. The molecule has 182 valence electrons. The molecule has 1 spiro atoms. The van der Waals surface area contributed by atoms with Crippen LogP contribution >= 0.6 is 0 Å². The Morgan fingerprint density at radius 1 is 0.972 bits per heavy atom. The number of esters is 1. The third-order valence-electron chi connectivity index (χ3n) is 7.61. The van der Waals surface area contributed by atoms with Crippen LogP contribution in [0.1, 0.15) is 29.5 Å². The Morgan fingerprint density at radius 3 is 2.28 bits per heavy atom. The van der Waals surface area contributed by atoms with E-state index >= 15 is 0 Å². The molecule has 5 nitrogen and oxygen atoms in total. The van der Waals surface area contributed by atoms with Crippen molar-refractivity contribution in [2.45, 2.75) is 24.7 Å². The van der Waals surface area contributed by atoms with E-state index < -0.39 is 29.1 Å². The maximum Gasteiger partial charge on any atom is 0.311 e. The summed E-state index contributed by atoms with van der Waals surface area (Å²) in [7, 11) is 1.74. The van der Waals surface area contributed by atoms with Gasteiger partial charge in [0.25, 0.3) is 0 Å². The SMILES string of the molecule is CCOC(=O)C1C(Cc2ccccc2)C=C(C=O)C(c2ccccc2)C12C(=O)N(C)c1ccccc12. The van der Waals surface area contributed by atoms with Crippen molar-refractivity contribution in [1.82, 2.24) is 0 Å². The number of carbonyl (C=O) groups is 3. The Kier molecular flexibility index (Phi) is 6.31. The highest BCUT2D eigenvalue weighted by molar-refractivity contribution is 6.12. The van der Waals surface area contributed by atoms with Crippen molar-refractivity contribution in [2.75, 3.05) is 18.6 Å². The van der Waals surface area contributed by atoms with Crippen LogP contribution in [-0.2, 0) is 31.0 Å². The fourth-order valence-electron chi connectivity index (χ4n) is 6.28. The molecule has 2 aliphatic rings. The number of allylic oxidation sites excluding steroid dienone is 2. The van der Waals surface area contributed by atoms with Gasteiger partial charge < -0.3 is 9.64 Å². The van der Waals surface area contributed by atoms with Gasteiger partial charge in [0.1, 0.15) is 11.7 Å². The number of nitrogens with zero attached hydrogens (tertiary/aromatic N) is 1. The van der Waals surface area contributed by atoms with Gasteiger partial charge in [-0.15, -0.1) is 0 Å². The van der Waals surface area contributed by atoms with E-state index in [0.717, 1.165) is 28.7 Å². The molecule has 5 heteroatoms. The molecule has 4 atom stereocenters. The molecule has 5 rings (SSSR count). The summed E-state index contributed by atoms with van der Waals surface area (Å²) in [6.07, 6.45) is 3.26. The third-order valence-corrected chi connectivity index (χ3v) is 7.61. The van der Waals surface area contributed by atoms with Crippen molar-refractivity contribution in [3.8, 4) is 0 Å². The zero-order chi connectivity index (χ0) is 25.3. The summed E-state index contributed by atoms with van der Waals surface area (Å²) in [5.74, 6) is -2.46. The molecule has 0 radical (unpaired) electrons. The van der Waals surface area contributed by atoms with E-state index in [1.165, 1.54) is 0 Å². The predicted octanol–water partition coefficient (Wildman–Crippen LogP) is 4.86. The van der Waals surface area contributed by atoms with Crippen molar-refractivity contribution < 1.29 is 19.1 Å². The molecule has 0 bridgehead atoms. The monoisotopic (exact) mass is 479 g/mol. The Bertz CT molecular complexity index is 1320. The van der Waals surface area contributed by atoms with Gasteiger partial charge in [-0.1, -0.05) is 84.9 Å². The van der Waals surface area contributed by atoms with Gasteiger partial charge in [0.05, 0.1) is 12.5 Å². The van der Waals surface area contributed by atoms with Crippen LogP contribution in [0, 0.1) is 11.8 Å². The van der Waals surface area contributed by atoms with Gasteiger partial charge >= 0.3 is 5.97 Å². The summed E-state index contributed by atoms with van der Waals surface area (Å²) in [4.78, 5) is 42.7. The van der Waals surface area contributed by atoms with Crippen LogP contribution in [0.15, 0.2) is 96.6 Å². The number of amides is 1. The standard InChI is InChI=1S/C31H29NO4/c1-3-36-29(34)28-23(18-21-12-6-4-7-13-21)19-24(20-33)27(22-14-8-5-9-15-22)31(28)25-16-10-11-17-26(25)32(2)30(31)35/h4-17,19-20,23,27-28H,3,18H2,1-2H3. The first-order chi connectivity index (χ1) is 17.5. The normalized spacial score (nSPS) is 24.8. The van der Waals surface area contributed by atoms with Gasteiger partial charge in [-0.2, -0.15) is 0 Å². The average molecular weight is 480 g/mol. The number of ether oxygens (including phenoxy) is 1. The minimum Gasteiger partial charge on any atom is -0.466 e. The summed E-state index contributed by atoms with van der Waals surface area (Å²) < 4.78 is 5.66. The molecule has 3 aromatic carbocycles. The van der Waals surface area contributed by atoms with E-state index in [9.17, 15) is 14.4 Å². The highest BCUT2D eigenvalue weighted by atomic mass is 16.5. The Labute approximate surface area is 211 Å². The van der Waals surface area contributed by atoms with Crippen LogP contribution < -0.4 is 4.90 Å². The smallest absolute Gasteiger partial charge is 0.311 e. The number of rotatable bonds is 6. The maximum atomic E-state index is 14.5. The zero-order valence-corrected chi connectivity index (χ0v) is 20.5. The van der Waals surface area contributed by atoms with E-state index in [0.29, 0.717) is 12.0 Å². The van der Waals surface area contributed by atoms with Gasteiger partial charge in [-0.3, -0.25) is 14.4 Å². The first-order valence-electron chi connectivity index (χ1n) is 12.3. The summed E-state index contributed by atoms with van der Waals surface area (Å²) in [6, 6.07) is 27.0. The number of fused-ring (bicyclic) bond motifs is 2. The number of carbonyl (C=O) groups excluding carboxylic acids is 3. The molecule has 1 heterocycles. The highest BCUT2D eigenvalue weighted by Gasteiger charge is 2.65. The molecule has 1 aliphatic heterocycles. The van der Waals surface area contributed by atoms with E-state index in [4.69, 9.17) is 4.74 Å². The van der Waals surface area contributed by atoms with Gasteiger partial charge in [-0.25, -0.2) is 0 Å². The van der Waals surface area contributed by atoms with Crippen molar-refractivity contribution in [3.05, 3.63) is 113 Å². The first-order valence-corrected chi connectivity index (χ1v) is 12.3. The van der Waals surface area contributed by atoms with Gasteiger partial charge in [-0.05, 0) is 47.6 Å². The van der Waals surface area contributed by atoms with Crippen LogP contribution in [0.25, 0.3) is 0 Å². The third kappa shape index (κ3) is 3.58. The van der Waals surface area contributed by atoms with Crippen molar-refractivity contribution in [2.24, 2.45) is 11.8 Å². The maximum absolute atomic E-state index is 14.5. The number of benzene rings is 3. The fourth-order valence-corrected chi connectivity index (χ4v) is 6.28. The van der Waals surface area contributed by atoms with Gasteiger partial charge in [0.15, 0.2) is 0 Å². The molecule has 0 saturated heterocycles. The van der Waals surface area contributed by atoms with Gasteiger partial charge in [0.2, 0.25) is 5.91 Å². The highest BCUT2D eigenvalue weighted by Crippen LogP contribution is 2.60. The Balaban J connectivity index is 1.84. The van der Waals surface area contributed by atoms with Crippen molar-refractivity contribution >= 4 is 23.9 Å². The first kappa shape index (κ1) is 23.7. The van der Waals surface area contributed by atoms with E-state index in [2.05, 4.69) is 0 Å². The molecule has 0 N–H and O–H groups in total. The molecule has 1 aliphatic carbocycles. The van der Waals surface area contributed by atoms with E-state index in [1.54, 1.807) is 18.9 Å². The van der Waals surface area contributed by atoms with Crippen LogP contribution in [0.5, 0.6) is 0 Å². The Morgan fingerprint density at radius 2 is 1.61 bits per heavy atom. The van der Waals surface area contributed by atoms with Crippen LogP contribution in [0.3, 0.4) is 0 Å². The quantitative estimate of drug-likeness (QED) is 0.374. The molecule has 0 fully saturated rings. The lowest BCUT2D eigenvalue weighted by Gasteiger charge is -2.47. The van der Waals surface area contributed by atoms with E-state index in [1.807, 2.05) is 91.0 Å². The molecule has 36 heavy (non-hydrogen) atoms. The van der Waals surface area contributed by atoms with Crippen LogP contribution in [0.4, 0.5) is 5.69 Å². The molecule has 3 aromatic rings. The lowest BCUT2D eigenvalue weighted by Crippen LogP contribution is -2.57. The number of anilines is 1. The number of aldehydes is 1. The predicted molar refractivity (Wildman–Crippen MR) is 139 cm³/mol. The second-order valence-corrected chi connectivity index (χ2v) is 9.46. The minimum absolute atomic E-state index is 0.193. The average Bonchev–Trinajstić information content (AvgIpc) is 3.12. The molecule has 0 saturated carbocycles. The molecule has 0 aromatic heterocycles. The summed E-state index contributed by atoms with van der Waals surface area (Å²) >= 11 is 0. The summed E-state index contributed by atoms with van der Waals surface area (Å²) in [6.45, 7) is 1.98. The largest absolute Gasteiger partial charge is 0.466 e. The van der Waals surface area contributed by atoms with Crippen molar-refractivity contribution in [3.63, 3.8) is 0 Å². The molecular weight excluding hydrogens is 450 g/mol. The fraction of sp³-hybridized carbons (Fsp3) is 0.258. The van der Waals surface area contributed by atoms with E-state index in [-0.39, 0.29) is 12.5 Å². The molecule has 4 unspecified atom stereocenters. The lowest BCUT2D eigenvalue weighted by atomic mass is 9.52. The summed E-state index contributed by atoms with van der Waals surface area (Å²) in [5.41, 5.74) is 2.56. The number of likely N-dealkylation sites (N-methyl/N-ethyl adjacent to an activating group) is 1. The van der Waals surface area contributed by atoms with Crippen LogP contribution in [-0.4, -0.2) is 31.8 Å². The molecule has 1 amide bonds. The number of para-hydroxylation sites is 1. The second-order valence-electron chi connectivity index (χ2n) is 9.46. The Hall–Kier alpha value is -3.99. The second kappa shape index (κ2) is 9.57. The van der Waals surface area contributed by atoms with Crippen molar-refractivity contribution in [1.29, 1.82) is 0 Å². The lowest BCUT2D eigenvalue weighted by molar-refractivity contribution is -0.156. The summed E-state index contributed by atoms with van der Waals surface area (Å²) in [5, 5.41) is 0. The number of hydrogen-bond donors (Lipinski definition) is 0. The van der Waals surface area contributed by atoms with Gasteiger partial charge in [0, 0.05) is 18.7 Å².